The summed E-state index contributed by atoms with van der Waals surface area (Å²) in [4.78, 5) is 19.5. The lowest BCUT2D eigenvalue weighted by atomic mass is 10.0. The van der Waals surface area contributed by atoms with Crippen molar-refractivity contribution in [2.45, 2.75) is 30.5 Å². The van der Waals surface area contributed by atoms with Crippen LogP contribution < -0.4 is 0 Å². The Morgan fingerprint density at radius 1 is 1.25 bits per heavy atom. The Hall–Kier alpha value is -2.60. The summed E-state index contributed by atoms with van der Waals surface area (Å²) in [6.45, 7) is 0.740. The van der Waals surface area contributed by atoms with Gasteiger partial charge in [0, 0.05) is 36.2 Å². The fourth-order valence-electron chi connectivity index (χ4n) is 3.84. The van der Waals surface area contributed by atoms with Gasteiger partial charge in [-0.05, 0) is 61.4 Å². The molecule has 0 aliphatic carbocycles. The predicted octanol–water partition coefficient (Wildman–Crippen LogP) is 4.58. The molecule has 0 N–H and O–H groups in total. The molecule has 3 aromatic rings. The van der Waals surface area contributed by atoms with E-state index in [0.717, 1.165) is 35.8 Å². The predicted molar refractivity (Wildman–Crippen MR) is 110 cm³/mol. The molecular weight excluding hydrogens is 373 g/mol. The van der Waals surface area contributed by atoms with Crippen LogP contribution in [-0.2, 0) is 6.42 Å². The number of benzene rings is 2. The highest BCUT2D eigenvalue weighted by molar-refractivity contribution is 7.98. The molecule has 0 radical (unpaired) electrons. The molecule has 6 heteroatoms. The molecule has 2 heterocycles. The summed E-state index contributed by atoms with van der Waals surface area (Å²) in [5, 5.41) is 0.884. The van der Waals surface area contributed by atoms with Crippen LogP contribution in [0.3, 0.4) is 0 Å². The first kappa shape index (κ1) is 18.7. The maximum atomic E-state index is 13.5. The Morgan fingerprint density at radius 3 is 2.93 bits per heavy atom. The number of rotatable bonds is 5. The third-order valence-electron chi connectivity index (χ3n) is 5.16. The molecule has 28 heavy (non-hydrogen) atoms. The molecule has 1 aliphatic heterocycles. The molecule has 1 atom stereocenters. The third-order valence-corrected chi connectivity index (χ3v) is 5.83. The fourth-order valence-corrected chi connectivity index (χ4v) is 4.37. The van der Waals surface area contributed by atoms with Crippen LogP contribution in [0, 0.1) is 5.82 Å². The van der Waals surface area contributed by atoms with Gasteiger partial charge in [0.1, 0.15) is 5.82 Å². The maximum Gasteiger partial charge on any atom is 0.254 e. The lowest BCUT2D eigenvalue weighted by molar-refractivity contribution is 0.0736. The van der Waals surface area contributed by atoms with Crippen molar-refractivity contribution in [2.24, 2.45) is 0 Å². The van der Waals surface area contributed by atoms with Gasteiger partial charge in [0.05, 0.1) is 0 Å². The Labute approximate surface area is 168 Å². The second-order valence-electron chi connectivity index (χ2n) is 6.96. The van der Waals surface area contributed by atoms with Gasteiger partial charge in [-0.2, -0.15) is 0 Å². The molecule has 0 spiro atoms. The van der Waals surface area contributed by atoms with Crippen LogP contribution in [0.4, 0.5) is 4.39 Å². The van der Waals surface area contributed by atoms with Crippen LogP contribution in [0.2, 0.25) is 0 Å². The van der Waals surface area contributed by atoms with E-state index >= 15 is 0 Å². The second kappa shape index (κ2) is 8.19. The molecular formula is C22H22FN3OS. The molecule has 1 amide bonds. The van der Waals surface area contributed by atoms with Gasteiger partial charge >= 0.3 is 0 Å². The number of hydrogen-bond acceptors (Lipinski definition) is 3. The van der Waals surface area contributed by atoms with E-state index < -0.39 is 0 Å². The van der Waals surface area contributed by atoms with Gasteiger partial charge in [0.15, 0.2) is 5.16 Å². The van der Waals surface area contributed by atoms with Gasteiger partial charge < -0.3 is 4.90 Å². The number of carbonyl (C=O) groups excluding carboxylic acids is 1. The molecule has 1 fully saturated rings. The average molecular weight is 396 g/mol. The van der Waals surface area contributed by atoms with Gasteiger partial charge in [0.2, 0.25) is 0 Å². The number of likely N-dealkylation sites (tertiary alicyclic amines) is 1. The first-order valence-corrected chi connectivity index (χ1v) is 10.6. The van der Waals surface area contributed by atoms with Gasteiger partial charge in [-0.3, -0.25) is 9.36 Å². The molecule has 144 valence electrons. The molecule has 1 aromatic heterocycles. The number of aromatic nitrogens is 2. The largest absolute Gasteiger partial charge is 0.335 e. The molecule has 4 rings (SSSR count). The van der Waals surface area contributed by atoms with Gasteiger partial charge in [0.25, 0.3) is 5.91 Å². The smallest absolute Gasteiger partial charge is 0.254 e. The average Bonchev–Trinajstić information content (AvgIpc) is 3.37. The lowest BCUT2D eigenvalue weighted by Crippen LogP contribution is -2.36. The van der Waals surface area contributed by atoms with Gasteiger partial charge in [-0.15, -0.1) is 0 Å². The maximum absolute atomic E-state index is 13.5. The van der Waals surface area contributed by atoms with Crippen LogP contribution in [0.5, 0.6) is 0 Å². The minimum Gasteiger partial charge on any atom is -0.335 e. The molecule has 4 nitrogen and oxygen atoms in total. The highest BCUT2D eigenvalue weighted by Gasteiger charge is 2.29. The summed E-state index contributed by atoms with van der Waals surface area (Å²) < 4.78 is 15.5. The summed E-state index contributed by atoms with van der Waals surface area (Å²) in [6, 6.07) is 14.4. The molecule has 1 saturated heterocycles. The molecule has 2 aromatic carbocycles. The number of carbonyl (C=O) groups is 1. The first-order chi connectivity index (χ1) is 13.7. The molecule has 1 unspecified atom stereocenters. The number of thioether (sulfide) groups is 1. The summed E-state index contributed by atoms with van der Waals surface area (Å²) >= 11 is 1.57. The summed E-state index contributed by atoms with van der Waals surface area (Å²) in [5.74, 6) is -0.197. The zero-order valence-electron chi connectivity index (χ0n) is 15.7. The monoisotopic (exact) mass is 395 g/mol. The first-order valence-electron chi connectivity index (χ1n) is 9.39. The van der Waals surface area contributed by atoms with Crippen molar-refractivity contribution in [2.75, 3.05) is 12.8 Å². The molecule has 0 bridgehead atoms. The summed E-state index contributed by atoms with van der Waals surface area (Å²) in [7, 11) is 0. The van der Waals surface area contributed by atoms with Crippen molar-refractivity contribution in [3.05, 3.63) is 77.9 Å². The topological polar surface area (TPSA) is 38.1 Å². The van der Waals surface area contributed by atoms with E-state index in [2.05, 4.69) is 4.98 Å². The Balaban J connectivity index is 1.56. The van der Waals surface area contributed by atoms with Crippen molar-refractivity contribution in [1.82, 2.24) is 14.5 Å². The van der Waals surface area contributed by atoms with Crippen molar-refractivity contribution in [3.63, 3.8) is 0 Å². The van der Waals surface area contributed by atoms with Crippen LogP contribution in [0.25, 0.3) is 5.69 Å². The van der Waals surface area contributed by atoms with E-state index in [1.807, 2.05) is 52.3 Å². The Kier molecular flexibility index (Phi) is 5.48. The van der Waals surface area contributed by atoms with E-state index in [-0.39, 0.29) is 17.8 Å². The normalized spacial score (nSPS) is 16.5. The fraction of sp³-hybridized carbons (Fsp3) is 0.273. The van der Waals surface area contributed by atoms with Crippen LogP contribution in [0.1, 0.15) is 28.8 Å². The quantitative estimate of drug-likeness (QED) is 0.594. The SMILES string of the molecule is CSc1nccn1-c1cccc(C(=O)N2CCCC2Cc2cccc(F)c2)c1. The standard InChI is InChI=1S/C22H22FN3OS/c1-28-22-24-10-12-26(22)20-8-3-6-17(15-20)21(27)25-11-4-9-19(25)14-16-5-2-7-18(23)13-16/h2-3,5-8,10,12-13,15,19H,4,9,11,14H2,1H3. The zero-order valence-corrected chi connectivity index (χ0v) is 16.5. The summed E-state index contributed by atoms with van der Waals surface area (Å²) in [5.41, 5.74) is 2.53. The number of halogens is 1. The van der Waals surface area contributed by atoms with Crippen LogP contribution in [-0.4, -0.2) is 39.2 Å². The second-order valence-corrected chi connectivity index (χ2v) is 7.74. The van der Waals surface area contributed by atoms with E-state index in [9.17, 15) is 9.18 Å². The van der Waals surface area contributed by atoms with Gasteiger partial charge in [-0.1, -0.05) is 30.0 Å². The number of hydrogen-bond donors (Lipinski definition) is 0. The number of amides is 1. The van der Waals surface area contributed by atoms with E-state index in [4.69, 9.17) is 0 Å². The minimum absolute atomic E-state index is 0.0339. The Morgan fingerprint density at radius 2 is 2.11 bits per heavy atom. The Bertz CT molecular complexity index is 987. The van der Waals surface area contributed by atoms with Crippen molar-refractivity contribution < 1.29 is 9.18 Å². The van der Waals surface area contributed by atoms with Crippen molar-refractivity contribution >= 4 is 17.7 Å². The van der Waals surface area contributed by atoms with E-state index in [0.29, 0.717) is 12.0 Å². The van der Waals surface area contributed by atoms with Crippen LogP contribution in [0.15, 0.2) is 66.1 Å². The summed E-state index contributed by atoms with van der Waals surface area (Å²) in [6.07, 6.45) is 8.24. The highest BCUT2D eigenvalue weighted by atomic mass is 32.2. The zero-order chi connectivity index (χ0) is 19.5. The van der Waals surface area contributed by atoms with Crippen molar-refractivity contribution in [3.8, 4) is 5.69 Å². The van der Waals surface area contributed by atoms with Gasteiger partial charge in [-0.25, -0.2) is 9.37 Å². The van der Waals surface area contributed by atoms with Crippen molar-refractivity contribution in [1.29, 1.82) is 0 Å². The highest BCUT2D eigenvalue weighted by Crippen LogP contribution is 2.25. The molecule has 0 saturated carbocycles. The van der Waals surface area contributed by atoms with E-state index in [1.54, 1.807) is 30.1 Å². The van der Waals surface area contributed by atoms with E-state index in [1.165, 1.54) is 6.07 Å². The third kappa shape index (κ3) is 3.83. The lowest BCUT2D eigenvalue weighted by Gasteiger charge is -2.25. The number of nitrogens with zero attached hydrogens (tertiary/aromatic N) is 3. The van der Waals surface area contributed by atoms with Crippen LogP contribution >= 0.6 is 11.8 Å². The number of imidazole rings is 1. The molecule has 1 aliphatic rings. The minimum atomic E-state index is -0.231.